The smallest absolute Gasteiger partial charge is 0.264 e. The van der Waals surface area contributed by atoms with Crippen LogP contribution < -0.4 is 9.62 Å². The van der Waals surface area contributed by atoms with Crippen LogP contribution in [0.25, 0.3) is 0 Å². The molecule has 9 heteroatoms. The van der Waals surface area contributed by atoms with Crippen LogP contribution in [0.4, 0.5) is 5.69 Å². The summed E-state index contributed by atoms with van der Waals surface area (Å²) in [6.07, 6.45) is 1.68. The standard InChI is InChI=1S/C31H38ClN3O4S/c1-5-19-33-31(37)29(6-2)34(20-18-25-10-8-7-9-11-25)30(36)22-35(27-15-12-23(3)24(4)21-27)40(38,39)28-16-13-26(32)14-17-28/h7-17,21,29H,5-6,18-20,22H2,1-4H3,(H,33,37)/t29-/m1/s1. The van der Waals surface area contributed by atoms with Crippen LogP contribution in [0.15, 0.2) is 77.7 Å². The number of carbonyl (C=O) groups excluding carboxylic acids is 2. The van der Waals surface area contributed by atoms with Crippen LogP contribution in [0.5, 0.6) is 0 Å². The van der Waals surface area contributed by atoms with Crippen molar-refractivity contribution in [3.63, 3.8) is 0 Å². The molecule has 0 bridgehead atoms. The third-order valence-corrected chi connectivity index (χ3v) is 8.92. The lowest BCUT2D eigenvalue weighted by atomic mass is 10.1. The highest BCUT2D eigenvalue weighted by Crippen LogP contribution is 2.27. The van der Waals surface area contributed by atoms with Crippen molar-refractivity contribution < 1.29 is 18.0 Å². The molecule has 40 heavy (non-hydrogen) atoms. The van der Waals surface area contributed by atoms with E-state index in [1.54, 1.807) is 12.1 Å². The van der Waals surface area contributed by atoms with E-state index in [1.165, 1.54) is 29.2 Å². The van der Waals surface area contributed by atoms with E-state index in [9.17, 15) is 18.0 Å². The van der Waals surface area contributed by atoms with Crippen molar-refractivity contribution in [1.29, 1.82) is 0 Å². The normalized spacial score (nSPS) is 12.0. The minimum absolute atomic E-state index is 0.0199. The number of nitrogens with one attached hydrogen (secondary N) is 1. The topological polar surface area (TPSA) is 86.8 Å². The lowest BCUT2D eigenvalue weighted by Gasteiger charge is -2.33. The van der Waals surface area contributed by atoms with Gasteiger partial charge in [0.2, 0.25) is 11.8 Å². The van der Waals surface area contributed by atoms with Gasteiger partial charge in [0.1, 0.15) is 12.6 Å². The first-order valence-corrected chi connectivity index (χ1v) is 15.4. The van der Waals surface area contributed by atoms with Crippen LogP contribution in [-0.2, 0) is 26.0 Å². The minimum atomic E-state index is -4.14. The highest BCUT2D eigenvalue weighted by Gasteiger charge is 2.33. The average Bonchev–Trinajstić information content (AvgIpc) is 2.94. The van der Waals surface area contributed by atoms with Gasteiger partial charge in [-0.2, -0.15) is 0 Å². The fourth-order valence-corrected chi connectivity index (χ4v) is 5.94. The molecule has 214 valence electrons. The van der Waals surface area contributed by atoms with Gasteiger partial charge in [0.05, 0.1) is 10.6 Å². The molecule has 7 nitrogen and oxygen atoms in total. The van der Waals surface area contributed by atoms with Gasteiger partial charge in [-0.25, -0.2) is 8.42 Å². The molecule has 0 spiro atoms. The molecule has 0 aliphatic heterocycles. The van der Waals surface area contributed by atoms with Crippen molar-refractivity contribution in [2.24, 2.45) is 0 Å². The van der Waals surface area contributed by atoms with E-state index in [4.69, 9.17) is 11.6 Å². The Balaban J connectivity index is 2.02. The molecule has 1 atom stereocenters. The van der Waals surface area contributed by atoms with Gasteiger partial charge in [-0.1, -0.05) is 61.8 Å². The molecular formula is C31H38ClN3O4S. The van der Waals surface area contributed by atoms with Crippen LogP contribution in [0, 0.1) is 13.8 Å². The van der Waals surface area contributed by atoms with Gasteiger partial charge in [-0.3, -0.25) is 13.9 Å². The summed E-state index contributed by atoms with van der Waals surface area (Å²) in [5, 5.41) is 3.31. The third-order valence-electron chi connectivity index (χ3n) is 6.88. The maximum atomic E-state index is 14.0. The molecule has 3 aromatic rings. The molecular weight excluding hydrogens is 546 g/mol. The Morgan fingerprint density at radius 3 is 2.20 bits per heavy atom. The molecule has 0 radical (unpaired) electrons. The summed E-state index contributed by atoms with van der Waals surface area (Å²) in [6.45, 7) is 7.95. The van der Waals surface area contributed by atoms with E-state index in [0.29, 0.717) is 30.1 Å². The lowest BCUT2D eigenvalue weighted by Crippen LogP contribution is -2.53. The van der Waals surface area contributed by atoms with E-state index in [-0.39, 0.29) is 17.3 Å². The summed E-state index contributed by atoms with van der Waals surface area (Å²) in [5.74, 6) is -0.700. The van der Waals surface area contributed by atoms with E-state index in [1.807, 2.05) is 64.1 Å². The number of hydrogen-bond acceptors (Lipinski definition) is 4. The SMILES string of the molecule is CCCNC(=O)[C@@H](CC)N(CCc1ccccc1)C(=O)CN(c1ccc(C)c(C)c1)S(=O)(=O)c1ccc(Cl)cc1. The van der Waals surface area contributed by atoms with Crippen LogP contribution in [0.3, 0.4) is 0 Å². The third kappa shape index (κ3) is 7.86. The number of nitrogens with zero attached hydrogens (tertiary/aromatic N) is 2. The number of carbonyl (C=O) groups is 2. The van der Waals surface area contributed by atoms with Crippen molar-refractivity contribution >= 4 is 39.1 Å². The largest absolute Gasteiger partial charge is 0.354 e. The van der Waals surface area contributed by atoms with E-state index >= 15 is 0 Å². The molecule has 0 aliphatic rings. The summed E-state index contributed by atoms with van der Waals surface area (Å²) in [4.78, 5) is 28.7. The molecule has 3 rings (SSSR count). The Morgan fingerprint density at radius 1 is 0.925 bits per heavy atom. The Labute approximate surface area is 243 Å². The molecule has 0 saturated carbocycles. The maximum absolute atomic E-state index is 14.0. The summed E-state index contributed by atoms with van der Waals surface area (Å²) in [6, 6.07) is 20.1. The molecule has 1 N–H and O–H groups in total. The quantitative estimate of drug-likeness (QED) is 0.287. The Morgan fingerprint density at radius 2 is 1.60 bits per heavy atom. The molecule has 0 saturated heterocycles. The Hall–Kier alpha value is -3.36. The first kappa shape index (κ1) is 31.2. The van der Waals surface area contributed by atoms with Crippen molar-refractivity contribution in [3.8, 4) is 0 Å². The zero-order valence-corrected chi connectivity index (χ0v) is 25.1. The summed E-state index contributed by atoms with van der Waals surface area (Å²) in [7, 11) is -4.14. The second-order valence-electron chi connectivity index (χ2n) is 9.77. The van der Waals surface area contributed by atoms with Gasteiger partial charge in [-0.15, -0.1) is 0 Å². The fraction of sp³-hybridized carbons (Fsp3) is 0.355. The van der Waals surface area contributed by atoms with Gasteiger partial charge in [-0.05, 0) is 86.2 Å². The Kier molecular flexibility index (Phi) is 11.2. The number of anilines is 1. The molecule has 0 heterocycles. The number of hydrogen-bond donors (Lipinski definition) is 1. The molecule has 0 fully saturated rings. The first-order chi connectivity index (χ1) is 19.1. The fourth-order valence-electron chi connectivity index (χ4n) is 4.41. The first-order valence-electron chi connectivity index (χ1n) is 13.5. The van der Waals surface area contributed by atoms with Gasteiger partial charge < -0.3 is 10.2 Å². The average molecular weight is 584 g/mol. The van der Waals surface area contributed by atoms with Gasteiger partial charge in [0.25, 0.3) is 10.0 Å². The molecule has 3 aromatic carbocycles. The number of benzene rings is 3. The van der Waals surface area contributed by atoms with E-state index in [2.05, 4.69) is 5.32 Å². The number of amides is 2. The van der Waals surface area contributed by atoms with Gasteiger partial charge in [0.15, 0.2) is 0 Å². The lowest BCUT2D eigenvalue weighted by molar-refractivity contribution is -0.139. The van der Waals surface area contributed by atoms with Crippen LogP contribution in [0.2, 0.25) is 5.02 Å². The summed E-state index contributed by atoms with van der Waals surface area (Å²) in [5.41, 5.74) is 3.29. The Bertz CT molecular complexity index is 1400. The molecule has 0 aromatic heterocycles. The highest BCUT2D eigenvalue weighted by atomic mass is 35.5. The predicted octanol–water partition coefficient (Wildman–Crippen LogP) is 5.53. The number of sulfonamides is 1. The van der Waals surface area contributed by atoms with Crippen molar-refractivity contribution in [2.75, 3.05) is 23.9 Å². The van der Waals surface area contributed by atoms with Crippen molar-refractivity contribution in [2.45, 2.75) is 57.9 Å². The van der Waals surface area contributed by atoms with Crippen LogP contribution >= 0.6 is 11.6 Å². The van der Waals surface area contributed by atoms with E-state index < -0.39 is 28.5 Å². The molecule has 0 unspecified atom stereocenters. The zero-order valence-electron chi connectivity index (χ0n) is 23.6. The summed E-state index contributed by atoms with van der Waals surface area (Å²) >= 11 is 6.02. The number of rotatable bonds is 13. The van der Waals surface area contributed by atoms with E-state index in [0.717, 1.165) is 27.4 Å². The van der Waals surface area contributed by atoms with Crippen molar-refractivity contribution in [1.82, 2.24) is 10.2 Å². The van der Waals surface area contributed by atoms with Gasteiger partial charge >= 0.3 is 0 Å². The van der Waals surface area contributed by atoms with Crippen molar-refractivity contribution in [3.05, 3.63) is 94.5 Å². The maximum Gasteiger partial charge on any atom is 0.264 e. The highest BCUT2D eigenvalue weighted by molar-refractivity contribution is 7.92. The minimum Gasteiger partial charge on any atom is -0.354 e. The number of halogens is 1. The van der Waals surface area contributed by atoms with Crippen LogP contribution in [-0.4, -0.2) is 50.8 Å². The number of aryl methyl sites for hydroxylation is 2. The van der Waals surface area contributed by atoms with Crippen LogP contribution in [0.1, 0.15) is 43.4 Å². The molecule has 0 aliphatic carbocycles. The second-order valence-corrected chi connectivity index (χ2v) is 12.1. The molecule has 2 amide bonds. The van der Waals surface area contributed by atoms with Gasteiger partial charge in [0, 0.05) is 18.1 Å². The monoisotopic (exact) mass is 583 g/mol. The second kappa shape index (κ2) is 14.3. The zero-order chi connectivity index (χ0) is 29.3. The summed E-state index contributed by atoms with van der Waals surface area (Å²) < 4.78 is 29.0. The predicted molar refractivity (Wildman–Crippen MR) is 161 cm³/mol.